The quantitative estimate of drug-likeness (QED) is 0.569. The van der Waals surface area contributed by atoms with Gasteiger partial charge in [-0.3, -0.25) is 9.59 Å². The zero-order chi connectivity index (χ0) is 14.5. The minimum atomic E-state index is -0.865. The first-order valence-corrected chi connectivity index (χ1v) is 6.68. The van der Waals surface area contributed by atoms with Gasteiger partial charge >= 0.3 is 11.9 Å². The van der Waals surface area contributed by atoms with Gasteiger partial charge in [0.25, 0.3) is 0 Å². The second-order valence-corrected chi connectivity index (χ2v) is 5.50. The number of carbonyl (C=O) groups excluding carboxylic acids is 2. The van der Waals surface area contributed by atoms with Crippen LogP contribution in [0.15, 0.2) is 0 Å². The van der Waals surface area contributed by atoms with E-state index in [1.54, 1.807) is 13.8 Å². The Labute approximate surface area is 114 Å². The van der Waals surface area contributed by atoms with Gasteiger partial charge in [0.1, 0.15) is 0 Å². The molecular weight excluding hydrogens is 244 g/mol. The highest BCUT2D eigenvalue weighted by molar-refractivity contribution is 5.67. The highest BCUT2D eigenvalue weighted by Gasteiger charge is 2.34. The van der Waals surface area contributed by atoms with Crippen molar-refractivity contribution in [3.05, 3.63) is 0 Å². The van der Waals surface area contributed by atoms with Crippen molar-refractivity contribution in [1.29, 1.82) is 0 Å². The van der Waals surface area contributed by atoms with Gasteiger partial charge in [0.15, 0.2) is 11.2 Å². The molecule has 0 N–H and O–H groups in total. The van der Waals surface area contributed by atoms with Gasteiger partial charge in [-0.15, -0.1) is 0 Å². The molecule has 0 amide bonds. The number of hydrogen-bond acceptors (Lipinski definition) is 4. The third kappa shape index (κ3) is 5.34. The Morgan fingerprint density at radius 3 is 2.11 bits per heavy atom. The van der Waals surface area contributed by atoms with Crippen molar-refractivity contribution in [2.24, 2.45) is 0 Å². The first-order valence-electron chi connectivity index (χ1n) is 6.68. The Kier molecular flexibility index (Phi) is 4.99. The predicted molar refractivity (Wildman–Crippen MR) is 71.2 cm³/mol. The predicted octanol–water partition coefficient (Wildman–Crippen LogP) is 2.60. The van der Waals surface area contributed by atoms with E-state index in [2.05, 4.69) is 11.8 Å². The molecule has 4 heteroatoms. The van der Waals surface area contributed by atoms with Gasteiger partial charge in [0.2, 0.25) is 0 Å². The SMILES string of the molecule is CC(=O)OC(C)(C)C#CC1(OC(C)=O)CCCCC1. The maximum absolute atomic E-state index is 11.2. The molecule has 0 unspecified atom stereocenters. The Balaban J connectivity index is 2.88. The average molecular weight is 266 g/mol. The zero-order valence-corrected chi connectivity index (χ0v) is 12.2. The third-order valence-electron chi connectivity index (χ3n) is 2.99. The minimum absolute atomic E-state index is 0.318. The molecule has 19 heavy (non-hydrogen) atoms. The lowest BCUT2D eigenvalue weighted by molar-refractivity contribution is -0.154. The molecule has 4 nitrogen and oxygen atoms in total. The van der Waals surface area contributed by atoms with Gasteiger partial charge in [0.05, 0.1) is 0 Å². The number of hydrogen-bond donors (Lipinski definition) is 0. The summed E-state index contributed by atoms with van der Waals surface area (Å²) in [6, 6.07) is 0. The van der Waals surface area contributed by atoms with E-state index >= 15 is 0 Å². The van der Waals surface area contributed by atoms with Gasteiger partial charge in [-0.1, -0.05) is 18.3 Å². The summed E-state index contributed by atoms with van der Waals surface area (Å²) in [5.74, 6) is 5.29. The molecule has 0 heterocycles. The molecule has 0 aliphatic heterocycles. The van der Waals surface area contributed by atoms with E-state index in [1.807, 2.05) is 0 Å². The maximum atomic E-state index is 11.2. The Morgan fingerprint density at radius 2 is 1.63 bits per heavy atom. The molecule has 0 atom stereocenters. The van der Waals surface area contributed by atoms with Crippen molar-refractivity contribution >= 4 is 11.9 Å². The number of carbonyl (C=O) groups is 2. The van der Waals surface area contributed by atoms with Crippen LogP contribution in [0.1, 0.15) is 59.8 Å². The van der Waals surface area contributed by atoms with Crippen LogP contribution in [0.5, 0.6) is 0 Å². The van der Waals surface area contributed by atoms with E-state index in [9.17, 15) is 9.59 Å². The summed E-state index contributed by atoms with van der Waals surface area (Å²) in [6.45, 7) is 6.21. The summed E-state index contributed by atoms with van der Waals surface area (Å²) in [4.78, 5) is 22.2. The Bertz CT molecular complexity index is 406. The van der Waals surface area contributed by atoms with Crippen LogP contribution in [0, 0.1) is 11.8 Å². The highest BCUT2D eigenvalue weighted by atomic mass is 16.6. The minimum Gasteiger partial charge on any atom is -0.447 e. The van der Waals surface area contributed by atoms with Gasteiger partial charge in [-0.25, -0.2) is 0 Å². The van der Waals surface area contributed by atoms with Crippen molar-refractivity contribution in [2.45, 2.75) is 71.0 Å². The highest BCUT2D eigenvalue weighted by Crippen LogP contribution is 2.31. The molecule has 1 rings (SSSR count). The summed E-state index contributed by atoms with van der Waals surface area (Å²) >= 11 is 0. The van der Waals surface area contributed by atoms with Gasteiger partial charge in [-0.05, 0) is 39.5 Å². The zero-order valence-electron chi connectivity index (χ0n) is 12.2. The molecule has 0 saturated heterocycles. The standard InChI is InChI=1S/C15H22O4/c1-12(16)18-14(3,4)10-11-15(19-13(2)17)8-6-5-7-9-15/h5-9H2,1-4H3. The molecule has 0 spiro atoms. The van der Waals surface area contributed by atoms with Crippen molar-refractivity contribution in [3.63, 3.8) is 0 Å². The maximum Gasteiger partial charge on any atom is 0.304 e. The van der Waals surface area contributed by atoms with Gasteiger partial charge in [-0.2, -0.15) is 0 Å². The molecule has 0 aromatic carbocycles. The van der Waals surface area contributed by atoms with E-state index in [0.29, 0.717) is 0 Å². The van der Waals surface area contributed by atoms with Gasteiger partial charge < -0.3 is 9.47 Å². The monoisotopic (exact) mass is 266 g/mol. The van der Waals surface area contributed by atoms with E-state index in [4.69, 9.17) is 9.47 Å². The molecule has 0 aromatic heterocycles. The summed E-state index contributed by atoms with van der Waals surface area (Å²) in [5.41, 5.74) is -1.57. The topological polar surface area (TPSA) is 52.6 Å². The normalized spacial score (nSPS) is 17.9. The molecule has 106 valence electrons. The number of rotatable bonds is 2. The van der Waals surface area contributed by atoms with Crippen LogP contribution in [0.3, 0.4) is 0 Å². The summed E-state index contributed by atoms with van der Waals surface area (Å²) < 4.78 is 10.6. The smallest absolute Gasteiger partial charge is 0.304 e. The van der Waals surface area contributed by atoms with E-state index in [-0.39, 0.29) is 11.9 Å². The fourth-order valence-corrected chi connectivity index (χ4v) is 2.30. The number of esters is 2. The van der Waals surface area contributed by atoms with Crippen molar-refractivity contribution in [3.8, 4) is 11.8 Å². The van der Waals surface area contributed by atoms with Crippen LogP contribution in [0.2, 0.25) is 0 Å². The van der Waals surface area contributed by atoms with Crippen molar-refractivity contribution in [1.82, 2.24) is 0 Å². The Morgan fingerprint density at radius 1 is 1.05 bits per heavy atom. The molecule has 0 bridgehead atoms. The molecule has 1 aliphatic carbocycles. The van der Waals surface area contributed by atoms with Crippen LogP contribution >= 0.6 is 0 Å². The average Bonchev–Trinajstić information content (AvgIpc) is 2.25. The Hall–Kier alpha value is -1.50. The molecular formula is C15H22O4. The lowest BCUT2D eigenvalue weighted by Gasteiger charge is -2.32. The van der Waals surface area contributed by atoms with Gasteiger partial charge in [0, 0.05) is 13.8 Å². The molecule has 0 aromatic rings. The summed E-state index contributed by atoms with van der Waals surface area (Å²) in [6.07, 6.45) is 4.62. The van der Waals surface area contributed by atoms with Crippen LogP contribution in [-0.2, 0) is 19.1 Å². The fraction of sp³-hybridized carbons (Fsp3) is 0.733. The second-order valence-electron chi connectivity index (χ2n) is 5.50. The second kappa shape index (κ2) is 6.10. The number of ether oxygens (including phenoxy) is 2. The van der Waals surface area contributed by atoms with Crippen molar-refractivity contribution in [2.75, 3.05) is 0 Å². The summed E-state index contributed by atoms with van der Waals surface area (Å²) in [7, 11) is 0. The fourth-order valence-electron chi connectivity index (χ4n) is 2.30. The van der Waals surface area contributed by atoms with Crippen LogP contribution in [0.4, 0.5) is 0 Å². The first-order chi connectivity index (χ1) is 8.75. The summed E-state index contributed by atoms with van der Waals surface area (Å²) in [5, 5.41) is 0. The molecule has 1 fully saturated rings. The van der Waals surface area contributed by atoms with Crippen molar-refractivity contribution < 1.29 is 19.1 Å². The molecule has 1 aliphatic rings. The van der Waals surface area contributed by atoms with E-state index < -0.39 is 11.2 Å². The van der Waals surface area contributed by atoms with Crippen LogP contribution in [0.25, 0.3) is 0 Å². The molecule has 1 saturated carbocycles. The molecule has 0 radical (unpaired) electrons. The van der Waals surface area contributed by atoms with E-state index in [0.717, 1.165) is 32.1 Å². The lowest BCUT2D eigenvalue weighted by atomic mass is 9.84. The lowest BCUT2D eigenvalue weighted by Crippen LogP contribution is -2.36. The van der Waals surface area contributed by atoms with E-state index in [1.165, 1.54) is 13.8 Å². The third-order valence-corrected chi connectivity index (χ3v) is 2.99. The van der Waals surface area contributed by atoms with Crippen LogP contribution in [-0.4, -0.2) is 23.1 Å². The van der Waals surface area contributed by atoms with Crippen LogP contribution < -0.4 is 0 Å². The largest absolute Gasteiger partial charge is 0.447 e. The first kappa shape index (κ1) is 15.6.